The number of ether oxygens (including phenoxy) is 2. The number of hydrogen-bond donors (Lipinski definition) is 1. The van der Waals surface area contributed by atoms with E-state index in [1.807, 2.05) is 18.2 Å². The van der Waals surface area contributed by atoms with Crippen LogP contribution in [-0.2, 0) is 0 Å². The molecule has 1 aliphatic carbocycles. The van der Waals surface area contributed by atoms with E-state index in [1.165, 1.54) is 19.3 Å². The lowest BCUT2D eigenvalue weighted by Crippen LogP contribution is -2.13. The van der Waals surface area contributed by atoms with Gasteiger partial charge in [-0.1, -0.05) is 18.9 Å². The molecule has 0 aromatic heterocycles. The highest BCUT2D eigenvalue weighted by Gasteiger charge is 2.24. The fourth-order valence-corrected chi connectivity index (χ4v) is 2.21. The zero-order valence-corrected chi connectivity index (χ0v) is 10.6. The van der Waals surface area contributed by atoms with E-state index in [9.17, 15) is 0 Å². The topological polar surface area (TPSA) is 44.5 Å². The van der Waals surface area contributed by atoms with Crippen molar-refractivity contribution < 1.29 is 9.47 Å². The fraction of sp³-hybridized carbons (Fsp3) is 0.571. The highest BCUT2D eigenvalue weighted by Crippen LogP contribution is 2.39. The van der Waals surface area contributed by atoms with Crippen LogP contribution in [0.4, 0.5) is 0 Å². The quantitative estimate of drug-likeness (QED) is 0.824. The van der Waals surface area contributed by atoms with E-state index in [2.05, 4.69) is 0 Å². The molecule has 0 radical (unpaired) electrons. The average molecular weight is 235 g/mol. The van der Waals surface area contributed by atoms with E-state index in [4.69, 9.17) is 15.2 Å². The van der Waals surface area contributed by atoms with Crippen molar-refractivity contribution in [3.63, 3.8) is 0 Å². The second kappa shape index (κ2) is 5.41. The van der Waals surface area contributed by atoms with Gasteiger partial charge >= 0.3 is 0 Å². The molecule has 0 aliphatic heterocycles. The Morgan fingerprint density at radius 3 is 2.29 bits per heavy atom. The SMILES string of the molecule is COc1cccc(OC)c1C(N)CCC1CC1. The highest BCUT2D eigenvalue weighted by atomic mass is 16.5. The Morgan fingerprint density at radius 1 is 1.24 bits per heavy atom. The lowest BCUT2D eigenvalue weighted by molar-refractivity contribution is 0.375. The van der Waals surface area contributed by atoms with E-state index in [0.29, 0.717) is 0 Å². The van der Waals surface area contributed by atoms with Gasteiger partial charge in [-0.15, -0.1) is 0 Å². The van der Waals surface area contributed by atoms with Crippen molar-refractivity contribution in [2.45, 2.75) is 31.7 Å². The van der Waals surface area contributed by atoms with Gasteiger partial charge in [-0.25, -0.2) is 0 Å². The van der Waals surface area contributed by atoms with Gasteiger partial charge in [0.15, 0.2) is 0 Å². The van der Waals surface area contributed by atoms with Crippen LogP contribution >= 0.6 is 0 Å². The minimum Gasteiger partial charge on any atom is -0.496 e. The van der Waals surface area contributed by atoms with Gasteiger partial charge < -0.3 is 15.2 Å². The van der Waals surface area contributed by atoms with Crippen LogP contribution in [-0.4, -0.2) is 14.2 Å². The summed E-state index contributed by atoms with van der Waals surface area (Å²) in [5, 5.41) is 0. The summed E-state index contributed by atoms with van der Waals surface area (Å²) in [6.45, 7) is 0. The molecule has 0 bridgehead atoms. The van der Waals surface area contributed by atoms with E-state index in [0.717, 1.165) is 29.4 Å². The smallest absolute Gasteiger partial charge is 0.127 e. The molecule has 1 aliphatic rings. The Hall–Kier alpha value is -1.22. The predicted octanol–water partition coefficient (Wildman–Crippen LogP) is 2.89. The minimum atomic E-state index is 0.00157. The average Bonchev–Trinajstić information content (AvgIpc) is 3.18. The second-order valence-electron chi connectivity index (χ2n) is 4.70. The van der Waals surface area contributed by atoms with Crippen molar-refractivity contribution in [3.8, 4) is 11.5 Å². The summed E-state index contributed by atoms with van der Waals surface area (Å²) in [5.41, 5.74) is 7.26. The highest BCUT2D eigenvalue weighted by molar-refractivity contribution is 5.46. The monoisotopic (exact) mass is 235 g/mol. The second-order valence-corrected chi connectivity index (χ2v) is 4.70. The molecule has 0 saturated heterocycles. The fourth-order valence-electron chi connectivity index (χ4n) is 2.21. The molecule has 94 valence electrons. The van der Waals surface area contributed by atoms with Crippen LogP contribution in [0.1, 0.15) is 37.3 Å². The van der Waals surface area contributed by atoms with Crippen molar-refractivity contribution in [2.24, 2.45) is 11.7 Å². The third kappa shape index (κ3) is 2.91. The molecule has 1 atom stereocenters. The van der Waals surface area contributed by atoms with Crippen LogP contribution in [0.25, 0.3) is 0 Å². The van der Waals surface area contributed by atoms with Crippen LogP contribution in [0.5, 0.6) is 11.5 Å². The molecular weight excluding hydrogens is 214 g/mol. The van der Waals surface area contributed by atoms with E-state index in [1.54, 1.807) is 14.2 Å². The molecule has 17 heavy (non-hydrogen) atoms. The Labute approximate surface area is 103 Å². The first-order valence-corrected chi connectivity index (χ1v) is 6.22. The summed E-state index contributed by atoms with van der Waals surface area (Å²) in [5.74, 6) is 2.56. The van der Waals surface area contributed by atoms with Crippen molar-refractivity contribution in [2.75, 3.05) is 14.2 Å². The number of benzene rings is 1. The first-order chi connectivity index (χ1) is 8.26. The summed E-state index contributed by atoms with van der Waals surface area (Å²) in [7, 11) is 3.35. The van der Waals surface area contributed by atoms with Crippen molar-refractivity contribution in [3.05, 3.63) is 23.8 Å². The van der Waals surface area contributed by atoms with Gasteiger partial charge in [0, 0.05) is 6.04 Å². The summed E-state index contributed by atoms with van der Waals surface area (Å²) < 4.78 is 10.7. The van der Waals surface area contributed by atoms with E-state index < -0.39 is 0 Å². The van der Waals surface area contributed by atoms with Crippen LogP contribution in [0.15, 0.2) is 18.2 Å². The molecule has 2 N–H and O–H groups in total. The number of rotatable bonds is 6. The molecule has 0 spiro atoms. The third-order valence-electron chi connectivity index (χ3n) is 3.42. The van der Waals surface area contributed by atoms with Gasteiger partial charge in [-0.2, -0.15) is 0 Å². The molecule has 2 rings (SSSR count). The molecule has 1 saturated carbocycles. The first kappa shape index (κ1) is 12.2. The normalized spacial score (nSPS) is 16.6. The summed E-state index contributed by atoms with van der Waals surface area (Å²) >= 11 is 0. The van der Waals surface area contributed by atoms with Crippen LogP contribution < -0.4 is 15.2 Å². The van der Waals surface area contributed by atoms with E-state index in [-0.39, 0.29) is 6.04 Å². The van der Waals surface area contributed by atoms with Crippen LogP contribution in [0.2, 0.25) is 0 Å². The van der Waals surface area contributed by atoms with Gasteiger partial charge in [-0.05, 0) is 30.9 Å². The molecular formula is C14H21NO2. The van der Waals surface area contributed by atoms with Gasteiger partial charge in [0.2, 0.25) is 0 Å². The Balaban J connectivity index is 2.14. The van der Waals surface area contributed by atoms with Crippen LogP contribution in [0.3, 0.4) is 0 Å². The van der Waals surface area contributed by atoms with Crippen LogP contribution in [0, 0.1) is 5.92 Å². The van der Waals surface area contributed by atoms with Gasteiger partial charge in [0.25, 0.3) is 0 Å². The maximum Gasteiger partial charge on any atom is 0.127 e. The number of nitrogens with two attached hydrogens (primary N) is 1. The summed E-state index contributed by atoms with van der Waals surface area (Å²) in [4.78, 5) is 0. The maximum atomic E-state index is 6.26. The third-order valence-corrected chi connectivity index (χ3v) is 3.42. The largest absolute Gasteiger partial charge is 0.496 e. The standard InChI is InChI=1S/C14H21NO2/c1-16-12-4-3-5-13(17-2)14(12)11(15)9-8-10-6-7-10/h3-5,10-11H,6-9,15H2,1-2H3. The Morgan fingerprint density at radius 2 is 1.82 bits per heavy atom. The lowest BCUT2D eigenvalue weighted by atomic mass is 9.99. The molecule has 1 fully saturated rings. The molecule has 0 amide bonds. The minimum absolute atomic E-state index is 0.00157. The first-order valence-electron chi connectivity index (χ1n) is 6.22. The Bertz CT molecular complexity index is 352. The number of methoxy groups -OCH3 is 2. The molecule has 0 heterocycles. The summed E-state index contributed by atoms with van der Waals surface area (Å²) in [6.07, 6.45) is 4.95. The van der Waals surface area contributed by atoms with Gasteiger partial charge in [0.1, 0.15) is 11.5 Å². The molecule has 1 aromatic rings. The summed E-state index contributed by atoms with van der Waals surface area (Å²) in [6, 6.07) is 5.81. The maximum absolute atomic E-state index is 6.26. The van der Waals surface area contributed by atoms with Crippen molar-refractivity contribution >= 4 is 0 Å². The van der Waals surface area contributed by atoms with Gasteiger partial charge in [0.05, 0.1) is 19.8 Å². The molecule has 1 unspecified atom stereocenters. The van der Waals surface area contributed by atoms with Crippen molar-refractivity contribution in [1.29, 1.82) is 0 Å². The zero-order valence-electron chi connectivity index (χ0n) is 10.6. The lowest BCUT2D eigenvalue weighted by Gasteiger charge is -2.18. The molecule has 3 nitrogen and oxygen atoms in total. The van der Waals surface area contributed by atoms with E-state index >= 15 is 0 Å². The predicted molar refractivity (Wildman–Crippen MR) is 68.4 cm³/mol. The molecule has 1 aromatic carbocycles. The Kier molecular flexibility index (Phi) is 3.89. The van der Waals surface area contributed by atoms with Gasteiger partial charge in [-0.3, -0.25) is 0 Å². The van der Waals surface area contributed by atoms with Crippen molar-refractivity contribution in [1.82, 2.24) is 0 Å². The zero-order chi connectivity index (χ0) is 12.3. The number of hydrogen-bond acceptors (Lipinski definition) is 3. The molecule has 3 heteroatoms.